The van der Waals surface area contributed by atoms with Crippen molar-refractivity contribution in [3.8, 4) is 5.75 Å². The summed E-state index contributed by atoms with van der Waals surface area (Å²) < 4.78 is 6.39. The number of carbonyl (C=O) groups excluding carboxylic acids is 1. The number of hydrogen-bond donors (Lipinski definition) is 0. The lowest BCUT2D eigenvalue weighted by Crippen LogP contribution is -2.29. The highest BCUT2D eigenvalue weighted by Crippen LogP contribution is 2.51. The number of rotatable bonds is 4. The zero-order valence-corrected chi connectivity index (χ0v) is 19.5. The normalized spacial score (nSPS) is 20.0. The van der Waals surface area contributed by atoms with Gasteiger partial charge in [0.25, 0.3) is 5.91 Å². The van der Waals surface area contributed by atoms with Crippen molar-refractivity contribution in [1.82, 2.24) is 4.90 Å². The Hall–Kier alpha value is -1.90. The third-order valence-corrected chi connectivity index (χ3v) is 7.56. The van der Waals surface area contributed by atoms with Gasteiger partial charge >= 0.3 is 0 Å². The molecule has 0 aromatic heterocycles. The van der Waals surface area contributed by atoms with E-state index in [9.17, 15) is 4.79 Å². The van der Waals surface area contributed by atoms with Gasteiger partial charge in [-0.15, -0.1) is 0 Å². The van der Waals surface area contributed by atoms with Gasteiger partial charge in [0, 0.05) is 28.5 Å². The molecule has 0 N–H and O–H groups in total. The minimum Gasteiger partial charge on any atom is -0.497 e. The van der Waals surface area contributed by atoms with Crippen molar-refractivity contribution in [3.05, 3.63) is 56.9 Å². The lowest BCUT2D eigenvalue weighted by atomic mass is 10.2. The fourth-order valence-corrected chi connectivity index (χ4v) is 5.90. The highest BCUT2D eigenvalue weighted by atomic mass is 79.9. The molecule has 1 saturated heterocycles. The predicted molar refractivity (Wildman–Crippen MR) is 125 cm³/mol. The summed E-state index contributed by atoms with van der Waals surface area (Å²) in [6.45, 7) is 5.41. The largest absolute Gasteiger partial charge is 0.497 e. The van der Waals surface area contributed by atoms with Crippen LogP contribution in [0.25, 0.3) is 0 Å². The van der Waals surface area contributed by atoms with Crippen LogP contribution in [0.1, 0.15) is 13.8 Å². The zero-order chi connectivity index (χ0) is 20.5. The van der Waals surface area contributed by atoms with E-state index in [0.717, 1.165) is 43.0 Å². The molecule has 0 atom stereocenters. The molecular weight excluding hydrogens is 470 g/mol. The van der Waals surface area contributed by atoms with E-state index in [2.05, 4.69) is 27.8 Å². The molecule has 0 unspecified atom stereocenters. The average Bonchev–Trinajstić information content (AvgIpc) is 3.25. The molecule has 2 aliphatic heterocycles. The number of ether oxygens (including phenoxy) is 1. The van der Waals surface area contributed by atoms with Crippen molar-refractivity contribution in [2.24, 2.45) is 4.99 Å². The number of carbonyl (C=O) groups is 1. The Labute approximate surface area is 187 Å². The van der Waals surface area contributed by atoms with Gasteiger partial charge in [0.1, 0.15) is 15.7 Å². The Bertz CT molecular complexity index is 1020. The Morgan fingerprint density at radius 3 is 2.41 bits per heavy atom. The van der Waals surface area contributed by atoms with Crippen LogP contribution in [-0.2, 0) is 4.79 Å². The molecule has 2 heterocycles. The molecule has 150 valence electrons. The zero-order valence-electron chi connectivity index (χ0n) is 16.3. The second-order valence-electron chi connectivity index (χ2n) is 6.34. The van der Waals surface area contributed by atoms with E-state index >= 15 is 0 Å². The van der Waals surface area contributed by atoms with Gasteiger partial charge < -0.3 is 9.64 Å². The van der Waals surface area contributed by atoms with Crippen molar-refractivity contribution >= 4 is 61.9 Å². The summed E-state index contributed by atoms with van der Waals surface area (Å²) in [4.78, 5) is 23.7. The predicted octanol–water partition coefficient (Wildman–Crippen LogP) is 5.84. The first-order valence-corrected chi connectivity index (χ1v) is 11.7. The number of nitrogens with zero attached hydrogens (tertiary/aromatic N) is 3. The fraction of sp³-hybridized carbons (Fsp3) is 0.238. The van der Waals surface area contributed by atoms with Crippen LogP contribution in [0.2, 0.25) is 0 Å². The number of hydrogen-bond acceptors (Lipinski definition) is 6. The van der Waals surface area contributed by atoms with Crippen LogP contribution in [0.15, 0.2) is 66.8 Å². The Morgan fingerprint density at radius 1 is 1.03 bits per heavy atom. The quantitative estimate of drug-likeness (QED) is 0.504. The number of amides is 1. The molecule has 5 nitrogen and oxygen atoms in total. The summed E-state index contributed by atoms with van der Waals surface area (Å²) in [6, 6.07) is 13.8. The van der Waals surface area contributed by atoms with E-state index < -0.39 is 0 Å². The molecule has 0 saturated carbocycles. The van der Waals surface area contributed by atoms with Crippen LogP contribution in [-0.4, -0.2) is 36.2 Å². The molecule has 2 aliphatic rings. The van der Waals surface area contributed by atoms with Crippen molar-refractivity contribution in [2.45, 2.75) is 18.7 Å². The number of benzene rings is 2. The van der Waals surface area contributed by atoms with Crippen LogP contribution in [0.3, 0.4) is 0 Å². The number of methoxy groups -OCH3 is 1. The summed E-state index contributed by atoms with van der Waals surface area (Å²) in [5.74, 6) is 0.821. The number of fused-ring (bicyclic) bond motifs is 1. The average molecular weight is 490 g/mol. The lowest BCUT2D eigenvalue weighted by molar-refractivity contribution is -0.122. The van der Waals surface area contributed by atoms with Gasteiger partial charge in [0.2, 0.25) is 0 Å². The highest BCUT2D eigenvalue weighted by molar-refractivity contribution is 9.10. The number of likely N-dealkylation sites (N-methyl/N-ethyl adjacent to an activating group) is 1. The smallest absolute Gasteiger partial charge is 0.269 e. The van der Waals surface area contributed by atoms with E-state index in [1.165, 1.54) is 11.8 Å². The van der Waals surface area contributed by atoms with Crippen LogP contribution in [0.5, 0.6) is 5.75 Å². The molecule has 1 amide bonds. The number of aliphatic imine (C=N–C) groups is 1. The van der Waals surface area contributed by atoms with Gasteiger partial charge in [-0.25, -0.2) is 4.99 Å². The van der Waals surface area contributed by atoms with Crippen molar-refractivity contribution in [3.63, 3.8) is 0 Å². The fourth-order valence-electron chi connectivity index (χ4n) is 3.20. The van der Waals surface area contributed by atoms with Crippen molar-refractivity contribution in [2.75, 3.05) is 25.1 Å². The third-order valence-electron chi connectivity index (χ3n) is 4.65. The lowest BCUT2D eigenvalue weighted by Gasteiger charge is -2.19. The van der Waals surface area contributed by atoms with E-state index in [1.54, 1.807) is 23.8 Å². The summed E-state index contributed by atoms with van der Waals surface area (Å²) in [6.07, 6.45) is 0. The molecule has 1 fully saturated rings. The molecule has 0 aliphatic carbocycles. The highest BCUT2D eigenvalue weighted by Gasteiger charge is 2.39. The SMILES string of the molecule is CCN1C(=O)/C(=C2/Sc3ccc(OC)cc3N2CC)SC1=Nc1ccc(Br)cc1. The number of amidine groups is 1. The second-order valence-corrected chi connectivity index (χ2v) is 9.26. The summed E-state index contributed by atoms with van der Waals surface area (Å²) in [5.41, 5.74) is 1.90. The molecule has 2 aromatic carbocycles. The maximum absolute atomic E-state index is 13.2. The molecule has 0 spiro atoms. The summed E-state index contributed by atoms with van der Waals surface area (Å²) in [7, 11) is 1.67. The first-order chi connectivity index (χ1) is 14.0. The van der Waals surface area contributed by atoms with Crippen LogP contribution in [0, 0.1) is 0 Å². The minimum atomic E-state index is 0.00841. The molecule has 8 heteroatoms. The van der Waals surface area contributed by atoms with E-state index in [1.807, 2.05) is 49.4 Å². The molecule has 2 aromatic rings. The van der Waals surface area contributed by atoms with Gasteiger partial charge in [0.15, 0.2) is 5.17 Å². The molecule has 29 heavy (non-hydrogen) atoms. The topological polar surface area (TPSA) is 45.1 Å². The molecule has 0 radical (unpaired) electrons. The maximum atomic E-state index is 13.2. The second kappa shape index (κ2) is 8.45. The molecule has 4 rings (SSSR count). The Morgan fingerprint density at radius 2 is 1.76 bits per heavy atom. The van der Waals surface area contributed by atoms with Gasteiger partial charge in [0.05, 0.1) is 18.5 Å². The van der Waals surface area contributed by atoms with E-state index in [4.69, 9.17) is 9.73 Å². The molecule has 0 bridgehead atoms. The van der Waals surface area contributed by atoms with Crippen LogP contribution >= 0.6 is 39.5 Å². The van der Waals surface area contributed by atoms with Crippen molar-refractivity contribution < 1.29 is 9.53 Å². The van der Waals surface area contributed by atoms with Gasteiger partial charge in [-0.05, 0) is 62.0 Å². The first kappa shape index (κ1) is 20.4. The number of anilines is 1. The Balaban J connectivity index is 1.73. The van der Waals surface area contributed by atoms with E-state index in [-0.39, 0.29) is 5.91 Å². The van der Waals surface area contributed by atoms with Gasteiger partial charge in [-0.1, -0.05) is 27.7 Å². The monoisotopic (exact) mass is 489 g/mol. The third kappa shape index (κ3) is 3.81. The summed E-state index contributed by atoms with van der Waals surface area (Å²) in [5, 5.41) is 1.68. The number of halogens is 1. The van der Waals surface area contributed by atoms with Crippen LogP contribution in [0.4, 0.5) is 11.4 Å². The van der Waals surface area contributed by atoms with Crippen LogP contribution < -0.4 is 9.64 Å². The first-order valence-electron chi connectivity index (χ1n) is 9.27. The summed E-state index contributed by atoms with van der Waals surface area (Å²) >= 11 is 6.52. The minimum absolute atomic E-state index is 0.00841. The maximum Gasteiger partial charge on any atom is 0.269 e. The standard InChI is InChI=1S/C21H20BrN3O2S2/c1-4-24-16-12-15(27-3)10-11-17(16)28-20(24)18-19(26)25(5-2)21(29-18)23-14-8-6-13(22)7-9-14/h6-12H,4-5H2,1-3H3/b20-18-,23-21?. The number of thioether (sulfide) groups is 2. The Kier molecular flexibility index (Phi) is 5.94. The van der Waals surface area contributed by atoms with Crippen molar-refractivity contribution in [1.29, 1.82) is 0 Å². The molecular formula is C21H20BrN3O2S2. The van der Waals surface area contributed by atoms with Gasteiger partial charge in [-0.3, -0.25) is 9.69 Å². The van der Waals surface area contributed by atoms with E-state index in [0.29, 0.717) is 11.7 Å². The van der Waals surface area contributed by atoms with Gasteiger partial charge in [-0.2, -0.15) is 0 Å².